The van der Waals surface area contributed by atoms with Crippen molar-refractivity contribution in [3.05, 3.63) is 155 Å². The molecule has 1 heterocycles. The van der Waals surface area contributed by atoms with E-state index in [0.29, 0.717) is 21.5 Å². The Kier molecular flexibility index (Phi) is 9.36. The number of nitrogens with one attached hydrogen (secondary N) is 1. The van der Waals surface area contributed by atoms with Crippen molar-refractivity contribution in [3.63, 3.8) is 0 Å². The number of nitrogens with zero attached hydrogens (tertiary/aromatic N) is 1. The van der Waals surface area contributed by atoms with Gasteiger partial charge in [0.05, 0.1) is 23.7 Å². The largest absolute Gasteiger partial charge is 0.486 e. The van der Waals surface area contributed by atoms with Crippen LogP contribution in [0.5, 0.6) is 17.2 Å². The summed E-state index contributed by atoms with van der Waals surface area (Å²) in [5.41, 5.74) is 3.44. The number of hydrogen-bond acceptors (Lipinski definition) is 5. The number of para-hydroxylation sites is 2. The number of amides is 1. The van der Waals surface area contributed by atoms with E-state index in [-0.39, 0.29) is 18.6 Å². The van der Waals surface area contributed by atoms with E-state index in [1.807, 2.05) is 109 Å². The minimum Gasteiger partial charge on any atom is -0.486 e. The molecule has 228 valence electrons. The van der Waals surface area contributed by atoms with Crippen molar-refractivity contribution in [2.75, 3.05) is 0 Å². The van der Waals surface area contributed by atoms with E-state index in [1.165, 1.54) is 0 Å². The topological polar surface area (TPSA) is 97.8 Å². The Morgan fingerprint density at radius 1 is 0.804 bits per heavy atom. The van der Waals surface area contributed by atoms with Crippen LogP contribution >= 0.6 is 15.9 Å². The van der Waals surface area contributed by atoms with Gasteiger partial charge in [-0.25, -0.2) is 0 Å². The Bertz CT molecular complexity index is 1990. The first-order valence-corrected chi connectivity index (χ1v) is 15.4. The summed E-state index contributed by atoms with van der Waals surface area (Å²) in [6.07, 6.45) is 1.43. The lowest BCUT2D eigenvalue weighted by molar-refractivity contribution is -0.137. The van der Waals surface area contributed by atoms with Crippen molar-refractivity contribution in [3.8, 4) is 28.4 Å². The highest BCUT2D eigenvalue weighted by molar-refractivity contribution is 9.10. The molecule has 0 radical (unpaired) electrons. The summed E-state index contributed by atoms with van der Waals surface area (Å²) in [7, 11) is 0. The Morgan fingerprint density at radius 2 is 1.54 bits per heavy atom. The van der Waals surface area contributed by atoms with Crippen molar-refractivity contribution in [2.45, 2.75) is 19.1 Å². The average Bonchev–Trinajstić information content (AvgIpc) is 3.08. The summed E-state index contributed by atoms with van der Waals surface area (Å²) in [6, 6.07) is 38.9. The summed E-state index contributed by atoms with van der Waals surface area (Å²) in [5, 5.41) is 14.7. The van der Waals surface area contributed by atoms with Gasteiger partial charge in [0.2, 0.25) is 0 Å². The number of carbonyl (C=O) groups excluding carboxylic acids is 1. The number of pyridine rings is 1. The second-order valence-electron chi connectivity index (χ2n) is 10.6. The van der Waals surface area contributed by atoms with E-state index in [0.717, 1.165) is 33.3 Å². The van der Waals surface area contributed by atoms with Crippen LogP contribution in [0.25, 0.3) is 21.9 Å². The summed E-state index contributed by atoms with van der Waals surface area (Å²) in [6.45, 7) is 0.152. The highest BCUT2D eigenvalue weighted by Crippen LogP contribution is 2.34. The zero-order valence-corrected chi connectivity index (χ0v) is 26.2. The summed E-state index contributed by atoms with van der Waals surface area (Å²) in [5.74, 6) is 0.274. The lowest BCUT2D eigenvalue weighted by Gasteiger charge is -2.20. The van der Waals surface area contributed by atoms with E-state index in [9.17, 15) is 14.7 Å². The maximum atomic E-state index is 13.7. The molecule has 8 heteroatoms. The molecule has 6 rings (SSSR count). The summed E-state index contributed by atoms with van der Waals surface area (Å²) >= 11 is 3.45. The molecule has 6 aromatic rings. The lowest BCUT2D eigenvalue weighted by Crippen LogP contribution is -2.30. The van der Waals surface area contributed by atoms with Gasteiger partial charge in [-0.05, 0) is 59.0 Å². The smallest absolute Gasteiger partial charge is 0.305 e. The van der Waals surface area contributed by atoms with E-state index in [4.69, 9.17) is 9.47 Å². The number of benzene rings is 5. The first-order valence-electron chi connectivity index (χ1n) is 14.6. The number of carbonyl (C=O) groups is 2. The Hall–Kier alpha value is -5.47. The molecule has 1 unspecified atom stereocenters. The molecular weight excluding hydrogens is 644 g/mol. The molecular formula is C38H29BrN2O5. The van der Waals surface area contributed by atoms with Gasteiger partial charge >= 0.3 is 5.97 Å². The van der Waals surface area contributed by atoms with E-state index >= 15 is 0 Å². The number of ether oxygens (including phenoxy) is 2. The molecule has 1 aromatic heterocycles. The van der Waals surface area contributed by atoms with Crippen LogP contribution < -0.4 is 14.8 Å². The van der Waals surface area contributed by atoms with Gasteiger partial charge in [-0.1, -0.05) is 101 Å². The third-order valence-corrected chi connectivity index (χ3v) is 7.97. The zero-order valence-electron chi connectivity index (χ0n) is 24.6. The van der Waals surface area contributed by atoms with Crippen molar-refractivity contribution in [2.24, 2.45) is 0 Å². The maximum Gasteiger partial charge on any atom is 0.305 e. The summed E-state index contributed by atoms with van der Waals surface area (Å²) in [4.78, 5) is 30.0. The Balaban J connectivity index is 1.22. The molecule has 2 N–H and O–H groups in total. The number of aromatic nitrogens is 1. The SMILES string of the molecule is O=C(O)CC(NC(=O)c1cc(Br)ccc1OCc1nccc2ccccc12)c1ccc(-c2ccccc2Oc2ccccc2)cc1. The Labute approximate surface area is 274 Å². The quantitative estimate of drug-likeness (QED) is 0.143. The molecule has 0 spiro atoms. The fourth-order valence-corrected chi connectivity index (χ4v) is 5.58. The van der Waals surface area contributed by atoms with Crippen LogP contribution in [-0.4, -0.2) is 22.0 Å². The standard InChI is InChI=1S/C38H29BrN2O5/c39-28-18-19-35(45-24-34-30-11-5-4-8-25(30)20-21-40-34)32(22-28)38(44)41-33(23-37(42)43)27-16-14-26(15-17-27)31-12-6-7-13-36(31)46-29-9-2-1-3-10-29/h1-22,33H,23-24H2,(H,41,44)(H,42,43). The van der Waals surface area contributed by atoms with Crippen molar-refractivity contribution >= 4 is 38.6 Å². The number of fused-ring (bicyclic) bond motifs is 1. The van der Waals surface area contributed by atoms with Crippen LogP contribution in [0.15, 0.2) is 138 Å². The van der Waals surface area contributed by atoms with Crippen LogP contribution in [0.3, 0.4) is 0 Å². The highest BCUT2D eigenvalue weighted by Gasteiger charge is 2.22. The number of carboxylic acid groups (broad SMARTS) is 1. The van der Waals surface area contributed by atoms with Crippen LogP contribution in [0.4, 0.5) is 0 Å². The van der Waals surface area contributed by atoms with Gasteiger partial charge in [-0.3, -0.25) is 14.6 Å². The number of rotatable bonds is 11. The van der Waals surface area contributed by atoms with Gasteiger partial charge in [0, 0.05) is 21.6 Å². The average molecular weight is 674 g/mol. The van der Waals surface area contributed by atoms with Crippen LogP contribution in [-0.2, 0) is 11.4 Å². The molecule has 0 aliphatic rings. The number of halogens is 1. The molecule has 0 fully saturated rings. The number of aliphatic carboxylic acids is 1. The Morgan fingerprint density at radius 3 is 2.35 bits per heavy atom. The van der Waals surface area contributed by atoms with Crippen LogP contribution in [0.1, 0.15) is 34.1 Å². The molecule has 1 amide bonds. The van der Waals surface area contributed by atoms with Gasteiger partial charge in [-0.2, -0.15) is 0 Å². The second-order valence-corrected chi connectivity index (χ2v) is 11.5. The molecule has 7 nitrogen and oxygen atoms in total. The molecule has 0 bridgehead atoms. The fraction of sp³-hybridized carbons (Fsp3) is 0.0789. The minimum absolute atomic E-state index is 0.152. The van der Waals surface area contributed by atoms with E-state index in [2.05, 4.69) is 26.2 Å². The first kappa shape index (κ1) is 30.6. The third kappa shape index (κ3) is 7.25. The second kappa shape index (κ2) is 14.1. The van der Waals surface area contributed by atoms with Crippen molar-refractivity contribution in [1.82, 2.24) is 10.3 Å². The fourth-order valence-electron chi connectivity index (χ4n) is 5.22. The number of carboxylic acids is 1. The van der Waals surface area contributed by atoms with Gasteiger partial charge in [0.25, 0.3) is 5.91 Å². The molecule has 0 saturated heterocycles. The lowest BCUT2D eigenvalue weighted by atomic mass is 9.98. The number of hydrogen-bond donors (Lipinski definition) is 2. The first-order chi connectivity index (χ1) is 22.4. The monoisotopic (exact) mass is 672 g/mol. The van der Waals surface area contributed by atoms with E-state index < -0.39 is 17.9 Å². The predicted octanol–water partition coefficient (Wildman–Crippen LogP) is 8.98. The molecule has 0 aliphatic carbocycles. The van der Waals surface area contributed by atoms with Gasteiger partial charge < -0.3 is 19.9 Å². The van der Waals surface area contributed by atoms with Gasteiger partial charge in [-0.15, -0.1) is 0 Å². The maximum absolute atomic E-state index is 13.7. The molecule has 0 saturated carbocycles. The van der Waals surface area contributed by atoms with E-state index in [1.54, 1.807) is 24.4 Å². The molecule has 46 heavy (non-hydrogen) atoms. The van der Waals surface area contributed by atoms with Crippen molar-refractivity contribution < 1.29 is 24.2 Å². The summed E-state index contributed by atoms with van der Waals surface area (Å²) < 4.78 is 12.9. The highest BCUT2D eigenvalue weighted by atomic mass is 79.9. The van der Waals surface area contributed by atoms with Crippen LogP contribution in [0.2, 0.25) is 0 Å². The van der Waals surface area contributed by atoms with Crippen molar-refractivity contribution in [1.29, 1.82) is 0 Å². The zero-order chi connectivity index (χ0) is 31.9. The molecule has 0 aliphatic heterocycles. The molecule has 5 aromatic carbocycles. The predicted molar refractivity (Wildman–Crippen MR) is 181 cm³/mol. The third-order valence-electron chi connectivity index (χ3n) is 7.47. The van der Waals surface area contributed by atoms with Gasteiger partial charge in [0.1, 0.15) is 23.9 Å². The van der Waals surface area contributed by atoms with Gasteiger partial charge in [0.15, 0.2) is 0 Å². The molecule has 1 atom stereocenters. The van der Waals surface area contributed by atoms with Crippen LogP contribution in [0, 0.1) is 0 Å². The minimum atomic E-state index is -1.04. The normalized spacial score (nSPS) is 11.5.